The normalized spacial score (nSPS) is 22.7. The fourth-order valence-corrected chi connectivity index (χ4v) is 4.40. The van der Waals surface area contributed by atoms with Crippen molar-refractivity contribution in [3.8, 4) is 0 Å². The molecule has 1 aromatic rings. The number of carbonyl (C=O) groups is 1. The highest BCUT2D eigenvalue weighted by Gasteiger charge is 2.28. The Morgan fingerprint density at radius 2 is 2.08 bits per heavy atom. The van der Waals surface area contributed by atoms with Gasteiger partial charge in [0.2, 0.25) is 5.91 Å². The van der Waals surface area contributed by atoms with E-state index in [0.29, 0.717) is 12.5 Å². The lowest BCUT2D eigenvalue weighted by atomic mass is 9.90. The molecule has 0 spiro atoms. The lowest BCUT2D eigenvalue weighted by Gasteiger charge is -2.41. The Morgan fingerprint density at radius 1 is 1.24 bits per heavy atom. The van der Waals surface area contributed by atoms with E-state index in [2.05, 4.69) is 9.88 Å². The zero-order valence-electron chi connectivity index (χ0n) is 15.1. The number of hydrogen-bond acceptors (Lipinski definition) is 4. The van der Waals surface area contributed by atoms with Crippen molar-refractivity contribution in [1.82, 2.24) is 14.8 Å². The molecule has 2 aliphatic rings. The summed E-state index contributed by atoms with van der Waals surface area (Å²) in [4.78, 5) is 20.8. The Bertz CT molecular complexity index is 531. The summed E-state index contributed by atoms with van der Waals surface area (Å²) in [6, 6.07) is 4.62. The molecule has 1 saturated carbocycles. The molecule has 3 rings (SSSR count). The van der Waals surface area contributed by atoms with Crippen LogP contribution in [0.4, 0.5) is 0 Å². The Hall–Kier alpha value is -1.46. The van der Waals surface area contributed by atoms with Crippen LogP contribution in [0.3, 0.4) is 0 Å². The summed E-state index contributed by atoms with van der Waals surface area (Å²) in [6.45, 7) is 3.15. The van der Waals surface area contributed by atoms with Crippen molar-refractivity contribution in [2.75, 3.05) is 26.2 Å². The van der Waals surface area contributed by atoms with Crippen LogP contribution < -0.4 is 0 Å². The molecule has 1 unspecified atom stereocenters. The van der Waals surface area contributed by atoms with Crippen molar-refractivity contribution in [3.05, 3.63) is 30.1 Å². The van der Waals surface area contributed by atoms with E-state index in [-0.39, 0.29) is 5.91 Å². The highest BCUT2D eigenvalue weighted by Crippen LogP contribution is 2.27. The number of piperidine rings is 1. The van der Waals surface area contributed by atoms with Gasteiger partial charge in [-0.05, 0) is 49.8 Å². The molecule has 0 radical (unpaired) electrons. The maximum absolute atomic E-state index is 12.2. The van der Waals surface area contributed by atoms with E-state index in [1.54, 1.807) is 12.4 Å². The van der Waals surface area contributed by atoms with Gasteiger partial charge in [-0.15, -0.1) is 0 Å². The monoisotopic (exact) mass is 345 g/mol. The summed E-state index contributed by atoms with van der Waals surface area (Å²) < 4.78 is 0. The van der Waals surface area contributed by atoms with E-state index in [0.717, 1.165) is 24.7 Å². The van der Waals surface area contributed by atoms with Gasteiger partial charge in [0.05, 0.1) is 0 Å². The highest BCUT2D eigenvalue weighted by molar-refractivity contribution is 5.77. The van der Waals surface area contributed by atoms with Crippen molar-refractivity contribution in [1.29, 1.82) is 0 Å². The number of aliphatic hydroxyl groups excluding tert-OH is 1. The predicted molar refractivity (Wildman–Crippen MR) is 97.9 cm³/mol. The van der Waals surface area contributed by atoms with Gasteiger partial charge in [-0.25, -0.2) is 0 Å². The van der Waals surface area contributed by atoms with Crippen LogP contribution in [0.15, 0.2) is 24.5 Å². The van der Waals surface area contributed by atoms with E-state index in [1.165, 1.54) is 51.5 Å². The molecule has 1 aliphatic carbocycles. The minimum Gasteiger partial charge on any atom is -0.387 e. The Balaban J connectivity index is 1.59. The van der Waals surface area contributed by atoms with Crippen molar-refractivity contribution in [2.45, 2.75) is 57.5 Å². The van der Waals surface area contributed by atoms with Crippen LogP contribution in [0.5, 0.6) is 0 Å². The summed E-state index contributed by atoms with van der Waals surface area (Å²) in [7, 11) is 0. The van der Waals surface area contributed by atoms with Crippen LogP contribution in [0.25, 0.3) is 0 Å². The van der Waals surface area contributed by atoms with E-state index in [9.17, 15) is 9.90 Å². The second-order valence-electron chi connectivity index (χ2n) is 7.59. The van der Waals surface area contributed by atoms with Crippen molar-refractivity contribution < 1.29 is 9.90 Å². The SMILES string of the molecule is O=C(CO)N(Cc1cccnc1)CC1CCCN(C2CCCCC2)C1. The van der Waals surface area contributed by atoms with Crippen LogP contribution in [-0.4, -0.2) is 58.1 Å². The standard InChI is InChI=1S/C20H31N3O2/c24-16-20(25)23(13-17-6-4-10-21-12-17)15-18-7-5-11-22(14-18)19-8-2-1-3-9-19/h4,6,10,12,18-19,24H,1-3,5,7-9,11,13-16H2. The molecule has 1 N–H and O–H groups in total. The third-order valence-corrected chi connectivity index (χ3v) is 5.70. The summed E-state index contributed by atoms with van der Waals surface area (Å²) in [5.41, 5.74) is 1.02. The molecule has 5 heteroatoms. The van der Waals surface area contributed by atoms with Gasteiger partial charge in [0.15, 0.2) is 0 Å². The summed E-state index contributed by atoms with van der Waals surface area (Å²) >= 11 is 0. The van der Waals surface area contributed by atoms with Crippen LogP contribution in [0, 0.1) is 5.92 Å². The van der Waals surface area contributed by atoms with Gasteiger partial charge in [-0.1, -0.05) is 25.3 Å². The molecule has 1 aliphatic heterocycles. The average molecular weight is 345 g/mol. The first-order chi connectivity index (χ1) is 12.3. The third-order valence-electron chi connectivity index (χ3n) is 5.70. The minimum atomic E-state index is -0.417. The molecule has 25 heavy (non-hydrogen) atoms. The molecule has 1 saturated heterocycles. The van der Waals surface area contributed by atoms with Crippen LogP contribution >= 0.6 is 0 Å². The molecule has 2 fully saturated rings. The zero-order valence-corrected chi connectivity index (χ0v) is 15.1. The highest BCUT2D eigenvalue weighted by atomic mass is 16.3. The molecule has 1 amide bonds. The summed E-state index contributed by atoms with van der Waals surface area (Å²) in [5, 5.41) is 9.35. The molecule has 5 nitrogen and oxygen atoms in total. The van der Waals surface area contributed by atoms with Crippen molar-refractivity contribution in [3.63, 3.8) is 0 Å². The van der Waals surface area contributed by atoms with Crippen molar-refractivity contribution >= 4 is 5.91 Å². The van der Waals surface area contributed by atoms with E-state index in [1.807, 2.05) is 17.0 Å². The number of aromatic nitrogens is 1. The van der Waals surface area contributed by atoms with Gasteiger partial charge in [0, 0.05) is 38.1 Å². The second kappa shape index (κ2) is 9.30. The molecule has 0 bridgehead atoms. The number of carbonyl (C=O) groups excluding carboxylic acids is 1. The first-order valence-corrected chi connectivity index (χ1v) is 9.78. The van der Waals surface area contributed by atoms with Gasteiger partial charge in [-0.2, -0.15) is 0 Å². The smallest absolute Gasteiger partial charge is 0.248 e. The second-order valence-corrected chi connectivity index (χ2v) is 7.59. The molecule has 1 aromatic heterocycles. The lowest BCUT2D eigenvalue weighted by molar-refractivity contribution is -0.135. The zero-order chi connectivity index (χ0) is 17.5. The fourth-order valence-electron chi connectivity index (χ4n) is 4.40. The molecule has 1 atom stereocenters. The minimum absolute atomic E-state index is 0.182. The van der Waals surface area contributed by atoms with Gasteiger partial charge in [0.25, 0.3) is 0 Å². The number of nitrogens with zero attached hydrogens (tertiary/aromatic N) is 3. The maximum Gasteiger partial charge on any atom is 0.248 e. The third kappa shape index (κ3) is 5.25. The largest absolute Gasteiger partial charge is 0.387 e. The summed E-state index contributed by atoms with van der Waals surface area (Å²) in [5.74, 6) is 0.321. The topological polar surface area (TPSA) is 56.7 Å². The Kier molecular flexibility index (Phi) is 6.82. The van der Waals surface area contributed by atoms with E-state index >= 15 is 0 Å². The Labute approximate surface area is 151 Å². The van der Waals surface area contributed by atoms with Crippen LogP contribution in [0.2, 0.25) is 0 Å². The number of hydrogen-bond donors (Lipinski definition) is 1. The first-order valence-electron chi connectivity index (χ1n) is 9.78. The Morgan fingerprint density at radius 3 is 2.80 bits per heavy atom. The molecule has 138 valence electrons. The number of aliphatic hydroxyl groups is 1. The number of pyridine rings is 1. The van der Waals surface area contributed by atoms with E-state index < -0.39 is 6.61 Å². The molecule has 0 aromatic carbocycles. The quantitative estimate of drug-likeness (QED) is 0.860. The summed E-state index contributed by atoms with van der Waals surface area (Å²) in [6.07, 6.45) is 12.7. The molecular weight excluding hydrogens is 314 g/mol. The number of likely N-dealkylation sites (tertiary alicyclic amines) is 1. The predicted octanol–water partition coefficient (Wildman–Crippen LogP) is 2.45. The van der Waals surface area contributed by atoms with Gasteiger partial charge < -0.3 is 14.9 Å². The first kappa shape index (κ1) is 18.3. The molecular formula is C20H31N3O2. The molecule has 2 heterocycles. The lowest BCUT2D eigenvalue weighted by Crippen LogP contribution is -2.47. The van der Waals surface area contributed by atoms with Gasteiger partial charge >= 0.3 is 0 Å². The average Bonchev–Trinajstić information content (AvgIpc) is 2.68. The number of amides is 1. The van der Waals surface area contributed by atoms with Gasteiger partial charge in [0.1, 0.15) is 6.61 Å². The van der Waals surface area contributed by atoms with Crippen LogP contribution in [-0.2, 0) is 11.3 Å². The van der Waals surface area contributed by atoms with Crippen molar-refractivity contribution in [2.24, 2.45) is 5.92 Å². The van der Waals surface area contributed by atoms with Gasteiger partial charge in [-0.3, -0.25) is 9.78 Å². The maximum atomic E-state index is 12.2. The number of rotatable bonds is 6. The van der Waals surface area contributed by atoms with E-state index in [4.69, 9.17) is 0 Å². The van der Waals surface area contributed by atoms with Crippen LogP contribution in [0.1, 0.15) is 50.5 Å². The fraction of sp³-hybridized carbons (Fsp3) is 0.700.